The molecule has 26 heavy (non-hydrogen) atoms. The first-order valence-corrected chi connectivity index (χ1v) is 9.50. The highest BCUT2D eigenvalue weighted by Crippen LogP contribution is 2.27. The van der Waals surface area contributed by atoms with E-state index in [0.717, 1.165) is 5.56 Å². The summed E-state index contributed by atoms with van der Waals surface area (Å²) < 4.78 is 7.42. The van der Waals surface area contributed by atoms with Crippen LogP contribution in [-0.2, 0) is 4.79 Å². The minimum atomic E-state index is -0.0378. The molecule has 3 aromatic rings. The van der Waals surface area contributed by atoms with Crippen molar-refractivity contribution in [3.05, 3.63) is 54.3 Å². The van der Waals surface area contributed by atoms with Crippen LogP contribution in [-0.4, -0.2) is 26.4 Å². The summed E-state index contributed by atoms with van der Waals surface area (Å²) in [5, 5.41) is 12.2. The Bertz CT molecular complexity index is 844. The van der Waals surface area contributed by atoms with E-state index < -0.39 is 0 Å². The molecule has 2 heterocycles. The van der Waals surface area contributed by atoms with Crippen molar-refractivity contribution in [3.63, 3.8) is 0 Å². The first kappa shape index (κ1) is 18.3. The molecule has 0 spiro atoms. The Morgan fingerprint density at radius 2 is 1.92 bits per heavy atom. The van der Waals surface area contributed by atoms with Gasteiger partial charge in [-0.05, 0) is 38.5 Å². The van der Waals surface area contributed by atoms with Gasteiger partial charge in [-0.2, -0.15) is 0 Å². The molecule has 0 bridgehead atoms. The van der Waals surface area contributed by atoms with Gasteiger partial charge in [0.2, 0.25) is 11.7 Å². The standard InChI is InChI=1S/C19H22N4O2S/c1-13(2)23-18(16-10-7-11-25-16)21-22-19(23)26-12-17(24)20-14(3)15-8-5-4-6-9-15/h4-11,13-14H,12H2,1-3H3,(H,20,24)/t14-/m1/s1. The van der Waals surface area contributed by atoms with E-state index in [9.17, 15) is 4.79 Å². The van der Waals surface area contributed by atoms with Crippen molar-refractivity contribution >= 4 is 17.7 Å². The smallest absolute Gasteiger partial charge is 0.230 e. The lowest BCUT2D eigenvalue weighted by Crippen LogP contribution is -2.28. The summed E-state index contributed by atoms with van der Waals surface area (Å²) in [6, 6.07) is 13.7. The number of nitrogens with one attached hydrogen (secondary N) is 1. The van der Waals surface area contributed by atoms with E-state index in [1.165, 1.54) is 11.8 Å². The Kier molecular flexibility index (Phi) is 5.78. The molecule has 0 aliphatic carbocycles. The lowest BCUT2D eigenvalue weighted by atomic mass is 10.1. The summed E-state index contributed by atoms with van der Waals surface area (Å²) in [4.78, 5) is 12.3. The lowest BCUT2D eigenvalue weighted by molar-refractivity contribution is -0.119. The SMILES string of the molecule is CC(C)n1c(SCC(=O)N[C@H](C)c2ccccc2)nnc1-c1ccco1. The average molecular weight is 370 g/mol. The molecular formula is C19H22N4O2S. The molecule has 6 nitrogen and oxygen atoms in total. The van der Waals surface area contributed by atoms with E-state index >= 15 is 0 Å². The lowest BCUT2D eigenvalue weighted by Gasteiger charge is -2.15. The van der Waals surface area contributed by atoms with E-state index in [1.54, 1.807) is 6.26 Å². The fraction of sp³-hybridized carbons (Fsp3) is 0.316. The van der Waals surface area contributed by atoms with Crippen LogP contribution in [0.3, 0.4) is 0 Å². The van der Waals surface area contributed by atoms with Crippen LogP contribution in [0.2, 0.25) is 0 Å². The Morgan fingerprint density at radius 1 is 1.15 bits per heavy atom. The van der Waals surface area contributed by atoms with Crippen LogP contribution in [0.1, 0.15) is 38.4 Å². The highest BCUT2D eigenvalue weighted by molar-refractivity contribution is 7.99. The minimum absolute atomic E-state index is 0.0362. The van der Waals surface area contributed by atoms with E-state index in [2.05, 4.69) is 29.4 Å². The number of nitrogens with zero attached hydrogens (tertiary/aromatic N) is 3. The third kappa shape index (κ3) is 4.16. The van der Waals surface area contributed by atoms with Crippen LogP contribution < -0.4 is 5.32 Å². The maximum atomic E-state index is 12.3. The van der Waals surface area contributed by atoms with Crippen LogP contribution in [0, 0.1) is 0 Å². The first-order chi connectivity index (χ1) is 12.6. The van der Waals surface area contributed by atoms with Crippen LogP contribution in [0.15, 0.2) is 58.3 Å². The molecule has 1 aromatic carbocycles. The number of carbonyl (C=O) groups excluding carboxylic acids is 1. The summed E-state index contributed by atoms with van der Waals surface area (Å²) in [6.07, 6.45) is 1.61. The molecule has 2 aromatic heterocycles. The van der Waals surface area contributed by atoms with Crippen molar-refractivity contribution < 1.29 is 9.21 Å². The van der Waals surface area contributed by atoms with Gasteiger partial charge in [0, 0.05) is 6.04 Å². The summed E-state index contributed by atoms with van der Waals surface area (Å²) in [5.74, 6) is 1.58. The molecular weight excluding hydrogens is 348 g/mol. The quantitative estimate of drug-likeness (QED) is 0.634. The van der Waals surface area contributed by atoms with Crippen molar-refractivity contribution in [2.45, 2.75) is 38.0 Å². The molecule has 0 radical (unpaired) electrons. The first-order valence-electron chi connectivity index (χ1n) is 8.52. The fourth-order valence-corrected chi connectivity index (χ4v) is 3.53. The zero-order chi connectivity index (χ0) is 18.5. The third-order valence-corrected chi connectivity index (χ3v) is 4.87. The van der Waals surface area contributed by atoms with E-state index in [4.69, 9.17) is 4.42 Å². The van der Waals surface area contributed by atoms with E-state index in [-0.39, 0.29) is 23.7 Å². The highest BCUT2D eigenvalue weighted by Gasteiger charge is 2.19. The second-order valence-electron chi connectivity index (χ2n) is 6.24. The number of hydrogen-bond acceptors (Lipinski definition) is 5. The van der Waals surface area contributed by atoms with Gasteiger partial charge in [0.25, 0.3) is 0 Å². The molecule has 136 valence electrons. The monoisotopic (exact) mass is 370 g/mol. The molecule has 1 amide bonds. The molecule has 1 N–H and O–H groups in total. The number of rotatable bonds is 7. The number of hydrogen-bond donors (Lipinski definition) is 1. The zero-order valence-corrected chi connectivity index (χ0v) is 15.9. The van der Waals surface area contributed by atoms with Gasteiger partial charge < -0.3 is 9.73 Å². The topological polar surface area (TPSA) is 73.0 Å². The Labute approximate surface area is 157 Å². The Balaban J connectivity index is 1.65. The number of aromatic nitrogens is 3. The molecule has 0 saturated carbocycles. The van der Waals surface area contributed by atoms with Crippen molar-refractivity contribution in [2.75, 3.05) is 5.75 Å². The van der Waals surface area contributed by atoms with E-state index in [1.807, 2.05) is 54.0 Å². The third-order valence-electron chi connectivity index (χ3n) is 3.93. The maximum absolute atomic E-state index is 12.3. The number of amides is 1. The van der Waals surface area contributed by atoms with Gasteiger partial charge in [0.05, 0.1) is 18.1 Å². The van der Waals surface area contributed by atoms with E-state index in [0.29, 0.717) is 16.7 Å². The van der Waals surface area contributed by atoms with Crippen molar-refractivity contribution in [1.82, 2.24) is 20.1 Å². The van der Waals surface area contributed by atoms with Crippen LogP contribution in [0.4, 0.5) is 0 Å². The fourth-order valence-electron chi connectivity index (χ4n) is 2.65. The average Bonchev–Trinajstić information content (AvgIpc) is 3.29. The second kappa shape index (κ2) is 8.23. The number of thioether (sulfide) groups is 1. The molecule has 0 aliphatic heterocycles. The molecule has 3 rings (SSSR count). The molecule has 0 fully saturated rings. The van der Waals surface area contributed by atoms with Gasteiger partial charge >= 0.3 is 0 Å². The summed E-state index contributed by atoms with van der Waals surface area (Å²) in [5.41, 5.74) is 1.08. The van der Waals surface area contributed by atoms with Gasteiger partial charge in [-0.15, -0.1) is 10.2 Å². The van der Waals surface area contributed by atoms with Gasteiger partial charge in [-0.3, -0.25) is 9.36 Å². The number of benzene rings is 1. The highest BCUT2D eigenvalue weighted by atomic mass is 32.2. The predicted octanol–water partition coefficient (Wildman–Crippen LogP) is 4.09. The number of carbonyl (C=O) groups is 1. The van der Waals surface area contributed by atoms with Crippen molar-refractivity contribution in [3.8, 4) is 11.6 Å². The van der Waals surface area contributed by atoms with Crippen molar-refractivity contribution in [1.29, 1.82) is 0 Å². The molecule has 7 heteroatoms. The zero-order valence-electron chi connectivity index (χ0n) is 15.0. The van der Waals surface area contributed by atoms with Crippen LogP contribution >= 0.6 is 11.8 Å². The predicted molar refractivity (Wildman–Crippen MR) is 102 cm³/mol. The molecule has 0 unspecified atom stereocenters. The molecule has 1 atom stereocenters. The molecule has 0 aliphatic rings. The summed E-state index contributed by atoms with van der Waals surface area (Å²) in [7, 11) is 0. The van der Waals surface area contributed by atoms with Crippen molar-refractivity contribution in [2.24, 2.45) is 0 Å². The van der Waals surface area contributed by atoms with Crippen LogP contribution in [0.5, 0.6) is 0 Å². The summed E-state index contributed by atoms with van der Waals surface area (Å²) in [6.45, 7) is 6.08. The van der Waals surface area contributed by atoms with Crippen LogP contribution in [0.25, 0.3) is 11.6 Å². The van der Waals surface area contributed by atoms with Gasteiger partial charge in [0.15, 0.2) is 10.9 Å². The molecule has 0 saturated heterocycles. The largest absolute Gasteiger partial charge is 0.461 e. The van der Waals surface area contributed by atoms with Gasteiger partial charge in [-0.25, -0.2) is 0 Å². The second-order valence-corrected chi connectivity index (χ2v) is 7.18. The Morgan fingerprint density at radius 3 is 2.58 bits per heavy atom. The normalized spacial score (nSPS) is 12.3. The summed E-state index contributed by atoms with van der Waals surface area (Å²) >= 11 is 1.37. The van der Waals surface area contributed by atoms with Gasteiger partial charge in [0.1, 0.15) is 0 Å². The Hall–Kier alpha value is -2.54. The maximum Gasteiger partial charge on any atom is 0.230 e. The minimum Gasteiger partial charge on any atom is -0.461 e. The number of furan rings is 1. The van der Waals surface area contributed by atoms with Gasteiger partial charge in [-0.1, -0.05) is 42.1 Å².